The Morgan fingerprint density at radius 3 is 2.80 bits per heavy atom. The molecule has 0 N–H and O–H groups in total. The Hall–Kier alpha value is -0.260. The van der Waals surface area contributed by atoms with Crippen LogP contribution in [0.3, 0.4) is 0 Å². The number of hydrogen-bond donors (Lipinski definition) is 0. The van der Waals surface area contributed by atoms with Crippen molar-refractivity contribution >= 4 is 0 Å². The maximum atomic E-state index is 3.77. The molecule has 1 aliphatic rings. The predicted octanol–water partition coefficient (Wildman–Crippen LogP) is 3.39. The Kier molecular flexibility index (Phi) is 2.98. The van der Waals surface area contributed by atoms with Crippen molar-refractivity contribution < 1.29 is 0 Å². The van der Waals surface area contributed by atoms with Crippen LogP contribution in [0.5, 0.6) is 0 Å². The first-order valence-electron chi connectivity index (χ1n) is 4.45. The van der Waals surface area contributed by atoms with Gasteiger partial charge in [0.2, 0.25) is 0 Å². The molecule has 0 bridgehead atoms. The smallest absolute Gasteiger partial charge is 0.0265 e. The molecule has 1 aliphatic carbocycles. The van der Waals surface area contributed by atoms with Gasteiger partial charge in [-0.05, 0) is 18.3 Å². The summed E-state index contributed by atoms with van der Waals surface area (Å²) in [7, 11) is 0. The summed E-state index contributed by atoms with van der Waals surface area (Å²) in [6.07, 6.45) is 9.30. The van der Waals surface area contributed by atoms with Gasteiger partial charge in [-0.25, -0.2) is 0 Å². The van der Waals surface area contributed by atoms with Gasteiger partial charge in [0.15, 0.2) is 0 Å². The van der Waals surface area contributed by atoms with Crippen LogP contribution >= 0.6 is 0 Å². The van der Waals surface area contributed by atoms with Crippen molar-refractivity contribution in [3.8, 4) is 0 Å². The summed E-state index contributed by atoms with van der Waals surface area (Å²) in [6.45, 7) is 6.02. The minimum absolute atomic E-state index is 0.735. The standard InChI is InChI=1S/C10H18/c1-3-9(2)5-4-6-10-7-8-10/h3,9-10H,1,4-8H2,2H3. The van der Waals surface area contributed by atoms with Gasteiger partial charge in [-0.3, -0.25) is 0 Å². The lowest BCUT2D eigenvalue weighted by Gasteiger charge is -2.03. The normalized spacial score (nSPS) is 20.5. The maximum Gasteiger partial charge on any atom is -0.0265 e. The number of rotatable bonds is 5. The molecule has 0 heteroatoms. The topological polar surface area (TPSA) is 0 Å². The first-order valence-corrected chi connectivity index (χ1v) is 4.45. The SMILES string of the molecule is C=CC(C)CCCC1CC1. The Bertz CT molecular complexity index is 101. The fourth-order valence-electron chi connectivity index (χ4n) is 1.25. The lowest BCUT2D eigenvalue weighted by Crippen LogP contribution is -1.88. The summed E-state index contributed by atoms with van der Waals surface area (Å²) >= 11 is 0. The van der Waals surface area contributed by atoms with Crippen molar-refractivity contribution in [2.24, 2.45) is 11.8 Å². The van der Waals surface area contributed by atoms with Crippen molar-refractivity contribution in [2.45, 2.75) is 39.0 Å². The molecule has 1 unspecified atom stereocenters. The molecule has 0 aliphatic heterocycles. The van der Waals surface area contributed by atoms with Crippen LogP contribution in [0.15, 0.2) is 12.7 Å². The average Bonchev–Trinajstić information content (AvgIpc) is 2.71. The van der Waals surface area contributed by atoms with Crippen LogP contribution < -0.4 is 0 Å². The molecule has 1 rings (SSSR count). The molecule has 0 amide bonds. The fourth-order valence-corrected chi connectivity index (χ4v) is 1.25. The van der Waals surface area contributed by atoms with E-state index in [4.69, 9.17) is 0 Å². The molecule has 0 nitrogen and oxygen atoms in total. The van der Waals surface area contributed by atoms with Gasteiger partial charge in [-0.2, -0.15) is 0 Å². The van der Waals surface area contributed by atoms with Crippen molar-refractivity contribution in [1.29, 1.82) is 0 Å². The molecule has 1 fully saturated rings. The highest BCUT2D eigenvalue weighted by atomic mass is 14.3. The van der Waals surface area contributed by atoms with E-state index in [9.17, 15) is 0 Å². The van der Waals surface area contributed by atoms with E-state index in [0.717, 1.165) is 11.8 Å². The van der Waals surface area contributed by atoms with Crippen LogP contribution in [0, 0.1) is 11.8 Å². The molecule has 1 saturated carbocycles. The van der Waals surface area contributed by atoms with Gasteiger partial charge in [0, 0.05) is 0 Å². The minimum Gasteiger partial charge on any atom is -0.103 e. The fraction of sp³-hybridized carbons (Fsp3) is 0.800. The van der Waals surface area contributed by atoms with Gasteiger partial charge < -0.3 is 0 Å². The molecule has 0 heterocycles. The molecule has 0 spiro atoms. The van der Waals surface area contributed by atoms with Crippen LogP contribution in [-0.2, 0) is 0 Å². The summed E-state index contributed by atoms with van der Waals surface area (Å²) in [4.78, 5) is 0. The molecule has 0 radical (unpaired) electrons. The molecule has 0 aromatic rings. The Morgan fingerprint density at radius 2 is 2.30 bits per heavy atom. The van der Waals surface area contributed by atoms with E-state index in [2.05, 4.69) is 19.6 Å². The molecule has 0 aromatic heterocycles. The zero-order valence-corrected chi connectivity index (χ0v) is 6.97. The van der Waals surface area contributed by atoms with Gasteiger partial charge in [0.1, 0.15) is 0 Å². The zero-order chi connectivity index (χ0) is 7.40. The van der Waals surface area contributed by atoms with Gasteiger partial charge in [0.05, 0.1) is 0 Å². The Balaban J connectivity index is 1.88. The Labute approximate surface area is 64.3 Å². The van der Waals surface area contributed by atoms with E-state index in [1.54, 1.807) is 0 Å². The summed E-state index contributed by atoms with van der Waals surface area (Å²) in [5.41, 5.74) is 0. The summed E-state index contributed by atoms with van der Waals surface area (Å²) in [6, 6.07) is 0. The first kappa shape index (κ1) is 7.84. The van der Waals surface area contributed by atoms with Crippen molar-refractivity contribution in [2.75, 3.05) is 0 Å². The van der Waals surface area contributed by atoms with Crippen LogP contribution in [0.2, 0.25) is 0 Å². The van der Waals surface area contributed by atoms with E-state index in [0.29, 0.717) is 0 Å². The highest BCUT2D eigenvalue weighted by molar-refractivity contribution is 4.77. The second-order valence-electron chi connectivity index (χ2n) is 3.59. The van der Waals surface area contributed by atoms with E-state index in [1.807, 2.05) is 0 Å². The molecule has 0 aromatic carbocycles. The van der Waals surface area contributed by atoms with Crippen LogP contribution in [0.25, 0.3) is 0 Å². The molecule has 58 valence electrons. The molecular weight excluding hydrogens is 120 g/mol. The summed E-state index contributed by atoms with van der Waals surface area (Å²) < 4.78 is 0. The van der Waals surface area contributed by atoms with Gasteiger partial charge in [-0.1, -0.05) is 38.7 Å². The highest BCUT2D eigenvalue weighted by Gasteiger charge is 2.20. The van der Waals surface area contributed by atoms with Crippen LogP contribution in [0.1, 0.15) is 39.0 Å². The zero-order valence-electron chi connectivity index (χ0n) is 6.97. The third kappa shape index (κ3) is 3.05. The van der Waals surface area contributed by atoms with E-state index in [1.165, 1.54) is 32.1 Å². The third-order valence-corrected chi connectivity index (χ3v) is 2.37. The molecular formula is C10H18. The van der Waals surface area contributed by atoms with Crippen LogP contribution in [-0.4, -0.2) is 0 Å². The van der Waals surface area contributed by atoms with Crippen LogP contribution in [0.4, 0.5) is 0 Å². The highest BCUT2D eigenvalue weighted by Crippen LogP contribution is 2.34. The average molecular weight is 138 g/mol. The van der Waals surface area contributed by atoms with Gasteiger partial charge >= 0.3 is 0 Å². The van der Waals surface area contributed by atoms with E-state index < -0.39 is 0 Å². The number of hydrogen-bond acceptors (Lipinski definition) is 0. The quantitative estimate of drug-likeness (QED) is 0.511. The minimum atomic E-state index is 0.735. The van der Waals surface area contributed by atoms with Crippen molar-refractivity contribution in [3.05, 3.63) is 12.7 Å². The summed E-state index contributed by atoms with van der Waals surface area (Å²) in [5, 5.41) is 0. The van der Waals surface area contributed by atoms with Crippen molar-refractivity contribution in [3.63, 3.8) is 0 Å². The largest absolute Gasteiger partial charge is 0.103 e. The monoisotopic (exact) mass is 138 g/mol. The first-order chi connectivity index (χ1) is 4.83. The number of allylic oxidation sites excluding steroid dienone is 1. The lowest BCUT2D eigenvalue weighted by atomic mass is 10.0. The predicted molar refractivity (Wildman–Crippen MR) is 45.9 cm³/mol. The second kappa shape index (κ2) is 3.80. The third-order valence-electron chi connectivity index (χ3n) is 2.37. The Morgan fingerprint density at radius 1 is 1.60 bits per heavy atom. The van der Waals surface area contributed by atoms with E-state index >= 15 is 0 Å². The van der Waals surface area contributed by atoms with E-state index in [-0.39, 0.29) is 0 Å². The van der Waals surface area contributed by atoms with Gasteiger partial charge in [0.25, 0.3) is 0 Å². The molecule has 0 saturated heterocycles. The molecule has 10 heavy (non-hydrogen) atoms. The maximum absolute atomic E-state index is 3.77. The van der Waals surface area contributed by atoms with Crippen molar-refractivity contribution in [1.82, 2.24) is 0 Å². The summed E-state index contributed by atoms with van der Waals surface area (Å²) in [5.74, 6) is 1.84. The lowest BCUT2D eigenvalue weighted by molar-refractivity contribution is 0.556. The van der Waals surface area contributed by atoms with Gasteiger partial charge in [-0.15, -0.1) is 6.58 Å². The molecule has 1 atom stereocenters. The second-order valence-corrected chi connectivity index (χ2v) is 3.59.